The molecule has 3 heterocycles. The van der Waals surface area contributed by atoms with E-state index in [1.807, 2.05) is 62.5 Å². The van der Waals surface area contributed by atoms with Gasteiger partial charge in [0.15, 0.2) is 5.76 Å². The number of halogens is 1. The van der Waals surface area contributed by atoms with Gasteiger partial charge >= 0.3 is 0 Å². The summed E-state index contributed by atoms with van der Waals surface area (Å²) in [5.41, 5.74) is 0.277. The van der Waals surface area contributed by atoms with Crippen LogP contribution in [0.1, 0.15) is 53.6 Å². The van der Waals surface area contributed by atoms with Crippen molar-refractivity contribution in [2.45, 2.75) is 45.4 Å². The molecule has 9 heteroatoms. The molecule has 192 valence electrons. The summed E-state index contributed by atoms with van der Waals surface area (Å²) in [6.45, 7) is 9.50. The molecule has 1 aliphatic rings. The summed E-state index contributed by atoms with van der Waals surface area (Å²) >= 11 is 7.90. The Morgan fingerprint density at radius 3 is 2.53 bits per heavy atom. The zero-order valence-corrected chi connectivity index (χ0v) is 22.4. The Labute approximate surface area is 221 Å². The predicted octanol–water partition coefficient (Wildman–Crippen LogP) is 5.13. The number of hydrogen-bond acceptors (Lipinski definition) is 6. The van der Waals surface area contributed by atoms with Gasteiger partial charge < -0.3 is 19.4 Å². The molecule has 1 fully saturated rings. The van der Waals surface area contributed by atoms with Crippen LogP contribution in [0.25, 0.3) is 0 Å². The van der Waals surface area contributed by atoms with Crippen molar-refractivity contribution in [1.29, 1.82) is 0 Å². The van der Waals surface area contributed by atoms with Gasteiger partial charge in [-0.2, -0.15) is 0 Å². The number of rotatable bonds is 8. The van der Waals surface area contributed by atoms with E-state index in [4.69, 9.17) is 20.8 Å². The van der Waals surface area contributed by atoms with Crippen molar-refractivity contribution in [2.24, 2.45) is 0 Å². The van der Waals surface area contributed by atoms with E-state index >= 15 is 0 Å². The molecular weight excluding hydrogens is 498 g/mol. The average Bonchev–Trinajstić information content (AvgIpc) is 3.52. The fraction of sp³-hybridized carbons (Fsp3) is 0.407. The van der Waals surface area contributed by atoms with E-state index in [0.29, 0.717) is 30.5 Å². The number of carbonyl (C=O) groups is 2. The normalized spacial score (nSPS) is 15.4. The van der Waals surface area contributed by atoms with Gasteiger partial charge in [0.05, 0.1) is 19.8 Å². The maximum absolute atomic E-state index is 14.0. The van der Waals surface area contributed by atoms with Gasteiger partial charge in [-0.25, -0.2) is 0 Å². The molecule has 2 amide bonds. The number of nitrogens with zero attached hydrogens (tertiary/aromatic N) is 2. The van der Waals surface area contributed by atoms with Gasteiger partial charge in [-0.3, -0.25) is 14.5 Å². The summed E-state index contributed by atoms with van der Waals surface area (Å²) in [6, 6.07) is 13.8. The van der Waals surface area contributed by atoms with Gasteiger partial charge in [0, 0.05) is 35.1 Å². The monoisotopic (exact) mass is 529 g/mol. The maximum Gasteiger partial charge on any atom is 0.290 e. The van der Waals surface area contributed by atoms with Gasteiger partial charge in [-0.1, -0.05) is 35.9 Å². The third kappa shape index (κ3) is 6.76. The molecule has 0 bridgehead atoms. The fourth-order valence-electron chi connectivity index (χ4n) is 4.10. The summed E-state index contributed by atoms with van der Waals surface area (Å²) in [6.07, 6.45) is 0. The number of benzene rings is 1. The van der Waals surface area contributed by atoms with Gasteiger partial charge in [-0.05, 0) is 56.0 Å². The number of furan rings is 1. The smallest absolute Gasteiger partial charge is 0.290 e. The minimum Gasteiger partial charge on any atom is -0.455 e. The molecule has 0 spiro atoms. The number of thiophene rings is 1. The summed E-state index contributed by atoms with van der Waals surface area (Å²) in [7, 11) is 0. The van der Waals surface area contributed by atoms with Crippen LogP contribution in [0.15, 0.2) is 58.3 Å². The molecule has 1 aromatic carbocycles. The van der Waals surface area contributed by atoms with Crippen molar-refractivity contribution in [3.05, 3.63) is 80.9 Å². The van der Waals surface area contributed by atoms with Gasteiger partial charge in [0.25, 0.3) is 5.91 Å². The number of amides is 2. The zero-order chi connectivity index (χ0) is 25.7. The van der Waals surface area contributed by atoms with E-state index < -0.39 is 11.6 Å². The van der Waals surface area contributed by atoms with Crippen LogP contribution in [0.2, 0.25) is 5.02 Å². The second-order valence-electron chi connectivity index (χ2n) is 9.84. The van der Waals surface area contributed by atoms with Crippen LogP contribution in [-0.4, -0.2) is 53.5 Å². The lowest BCUT2D eigenvalue weighted by atomic mass is 10.1. The van der Waals surface area contributed by atoms with E-state index in [1.54, 1.807) is 17.0 Å². The molecule has 1 saturated heterocycles. The van der Waals surface area contributed by atoms with Crippen LogP contribution < -0.4 is 5.32 Å². The topological polar surface area (TPSA) is 75.0 Å². The number of morpholine rings is 1. The number of carbonyl (C=O) groups excluding carboxylic acids is 2. The van der Waals surface area contributed by atoms with Crippen molar-refractivity contribution in [3.8, 4) is 0 Å². The predicted molar refractivity (Wildman–Crippen MR) is 141 cm³/mol. The third-order valence-corrected chi connectivity index (χ3v) is 7.08. The quantitative estimate of drug-likeness (QED) is 0.438. The second-order valence-corrected chi connectivity index (χ2v) is 11.2. The summed E-state index contributed by atoms with van der Waals surface area (Å²) in [5, 5.41) is 5.48. The third-order valence-electron chi connectivity index (χ3n) is 5.79. The van der Waals surface area contributed by atoms with Crippen LogP contribution in [0, 0.1) is 0 Å². The van der Waals surface area contributed by atoms with E-state index in [9.17, 15) is 9.59 Å². The molecule has 4 rings (SSSR count). The summed E-state index contributed by atoms with van der Waals surface area (Å²) < 4.78 is 11.4. The van der Waals surface area contributed by atoms with Crippen molar-refractivity contribution < 1.29 is 18.7 Å². The fourth-order valence-corrected chi connectivity index (χ4v) is 5.13. The molecule has 0 saturated carbocycles. The Bertz CT molecular complexity index is 1170. The highest BCUT2D eigenvalue weighted by Crippen LogP contribution is 2.31. The molecule has 1 atom stereocenters. The van der Waals surface area contributed by atoms with E-state index in [-0.39, 0.29) is 24.1 Å². The van der Waals surface area contributed by atoms with E-state index in [2.05, 4.69) is 10.2 Å². The first-order chi connectivity index (χ1) is 17.2. The molecule has 36 heavy (non-hydrogen) atoms. The first-order valence-electron chi connectivity index (χ1n) is 12.0. The highest BCUT2D eigenvalue weighted by molar-refractivity contribution is 7.10. The number of nitrogens with one attached hydrogen (secondary N) is 1. The number of ether oxygens (including phenoxy) is 1. The molecule has 3 aromatic rings. The minimum absolute atomic E-state index is 0.151. The highest BCUT2D eigenvalue weighted by atomic mass is 35.5. The molecule has 1 aliphatic heterocycles. The molecule has 1 unspecified atom stereocenters. The van der Waals surface area contributed by atoms with Crippen LogP contribution in [-0.2, 0) is 22.6 Å². The lowest BCUT2D eigenvalue weighted by Crippen LogP contribution is -2.48. The minimum atomic E-state index is -0.846. The van der Waals surface area contributed by atoms with Crippen molar-refractivity contribution in [1.82, 2.24) is 15.1 Å². The molecular formula is C27H32ClN3O4S. The van der Waals surface area contributed by atoms with E-state index in [1.165, 1.54) is 11.3 Å². The molecule has 1 N–H and O–H groups in total. The lowest BCUT2D eigenvalue weighted by Gasteiger charge is -2.32. The molecule has 0 aliphatic carbocycles. The first-order valence-corrected chi connectivity index (χ1v) is 13.3. The number of hydrogen-bond donors (Lipinski definition) is 1. The first kappa shape index (κ1) is 26.4. The average molecular weight is 530 g/mol. The Hall–Kier alpha value is -2.65. The molecule has 2 aromatic heterocycles. The highest BCUT2D eigenvalue weighted by Gasteiger charge is 2.36. The van der Waals surface area contributed by atoms with Crippen LogP contribution in [0.3, 0.4) is 0 Å². The van der Waals surface area contributed by atoms with Gasteiger partial charge in [-0.15, -0.1) is 11.3 Å². The largest absolute Gasteiger partial charge is 0.455 e. The standard InChI is InChI=1S/C27H32ClN3O4S/c1-27(2,3)29-25(32)24(23-9-6-16-36-23)31(17-19-7-4-5-8-21(19)28)26(33)22-11-10-20(35-22)18-30-12-14-34-15-13-30/h4-11,16,24H,12-15,17-18H2,1-3H3,(H,29,32). The Morgan fingerprint density at radius 2 is 1.86 bits per heavy atom. The second kappa shape index (κ2) is 11.6. The lowest BCUT2D eigenvalue weighted by molar-refractivity contribution is -0.127. The van der Waals surface area contributed by atoms with Gasteiger partial charge in [0.2, 0.25) is 5.91 Å². The maximum atomic E-state index is 14.0. The van der Waals surface area contributed by atoms with Gasteiger partial charge in [0.1, 0.15) is 11.8 Å². The van der Waals surface area contributed by atoms with Crippen LogP contribution in [0.5, 0.6) is 0 Å². The van der Waals surface area contributed by atoms with Crippen molar-refractivity contribution in [2.75, 3.05) is 26.3 Å². The van der Waals surface area contributed by atoms with Crippen LogP contribution >= 0.6 is 22.9 Å². The zero-order valence-electron chi connectivity index (χ0n) is 20.8. The Kier molecular flexibility index (Phi) is 8.51. The Balaban J connectivity index is 1.67. The van der Waals surface area contributed by atoms with Crippen molar-refractivity contribution >= 4 is 34.8 Å². The van der Waals surface area contributed by atoms with Crippen molar-refractivity contribution in [3.63, 3.8) is 0 Å². The molecule has 7 nitrogen and oxygen atoms in total. The summed E-state index contributed by atoms with van der Waals surface area (Å²) in [4.78, 5) is 32.1. The summed E-state index contributed by atoms with van der Waals surface area (Å²) in [5.74, 6) is 0.260. The van der Waals surface area contributed by atoms with E-state index in [0.717, 1.165) is 23.5 Å². The van der Waals surface area contributed by atoms with Crippen LogP contribution in [0.4, 0.5) is 0 Å². The SMILES string of the molecule is CC(C)(C)NC(=O)C(c1cccs1)N(Cc1ccccc1Cl)C(=O)c1ccc(CN2CCOCC2)o1. The Morgan fingerprint density at radius 1 is 1.11 bits per heavy atom. The molecule has 0 radical (unpaired) electrons.